The number of anilines is 1. The average molecular weight is 312 g/mol. The van der Waals surface area contributed by atoms with E-state index in [1.165, 1.54) is 0 Å². The summed E-state index contributed by atoms with van der Waals surface area (Å²) < 4.78 is 1.86. The molecule has 1 heterocycles. The maximum Gasteiger partial charge on any atom is 0.244 e. The minimum Gasteiger partial charge on any atom is -0.324 e. The van der Waals surface area contributed by atoms with E-state index in [-0.39, 0.29) is 5.91 Å². The minimum atomic E-state index is -0.731. The molecule has 0 unspecified atom stereocenters. The van der Waals surface area contributed by atoms with Gasteiger partial charge in [-0.15, -0.1) is 5.10 Å². The van der Waals surface area contributed by atoms with Crippen LogP contribution in [-0.4, -0.2) is 31.7 Å². The van der Waals surface area contributed by atoms with E-state index in [1.807, 2.05) is 28.9 Å². The van der Waals surface area contributed by atoms with Crippen molar-refractivity contribution in [2.75, 3.05) is 5.32 Å². The number of nitrogens with two attached hydrogens (primary N) is 1. The van der Waals surface area contributed by atoms with Crippen molar-refractivity contribution in [1.82, 2.24) is 20.2 Å². The Hall–Kier alpha value is -2.28. The van der Waals surface area contributed by atoms with Crippen LogP contribution in [0.3, 0.4) is 0 Å². The third-order valence-electron chi connectivity index (χ3n) is 4.71. The molecule has 4 rings (SSSR count). The number of hydrogen-bond acceptors (Lipinski definition) is 5. The second kappa shape index (κ2) is 5.42. The fourth-order valence-electron chi connectivity index (χ4n) is 3.17. The summed E-state index contributed by atoms with van der Waals surface area (Å²) in [5, 5.41) is 14.9. The van der Waals surface area contributed by atoms with Gasteiger partial charge in [-0.05, 0) is 48.2 Å². The Labute approximate surface area is 134 Å². The van der Waals surface area contributed by atoms with Crippen LogP contribution in [0.25, 0.3) is 11.4 Å². The topological polar surface area (TPSA) is 98.7 Å². The first kappa shape index (κ1) is 14.3. The van der Waals surface area contributed by atoms with Crippen molar-refractivity contribution in [1.29, 1.82) is 0 Å². The van der Waals surface area contributed by atoms with E-state index >= 15 is 0 Å². The van der Waals surface area contributed by atoms with Gasteiger partial charge in [-0.1, -0.05) is 25.0 Å². The molecule has 0 saturated heterocycles. The SMILES string of the molecule is NC1(C(=O)Nc2cccc(-c3nnnn3C3CC3)c2)CCCC1. The van der Waals surface area contributed by atoms with Gasteiger partial charge in [-0.3, -0.25) is 4.79 Å². The van der Waals surface area contributed by atoms with E-state index < -0.39 is 5.54 Å². The number of benzene rings is 1. The number of hydrogen-bond donors (Lipinski definition) is 2. The van der Waals surface area contributed by atoms with E-state index in [1.54, 1.807) is 0 Å². The Balaban J connectivity index is 1.56. The molecule has 2 aromatic rings. The summed E-state index contributed by atoms with van der Waals surface area (Å²) >= 11 is 0. The minimum absolute atomic E-state index is 0.103. The molecular weight excluding hydrogens is 292 g/mol. The zero-order valence-electron chi connectivity index (χ0n) is 12.9. The van der Waals surface area contributed by atoms with Gasteiger partial charge in [0.25, 0.3) is 0 Å². The summed E-state index contributed by atoms with van der Waals surface area (Å²) in [4.78, 5) is 12.4. The van der Waals surface area contributed by atoms with E-state index in [0.29, 0.717) is 6.04 Å². The highest BCUT2D eigenvalue weighted by molar-refractivity contribution is 5.98. The smallest absolute Gasteiger partial charge is 0.244 e. The third-order valence-corrected chi connectivity index (χ3v) is 4.71. The van der Waals surface area contributed by atoms with Gasteiger partial charge in [-0.25, -0.2) is 4.68 Å². The highest BCUT2D eigenvalue weighted by atomic mass is 16.2. The molecule has 0 spiro atoms. The number of aromatic nitrogens is 4. The molecule has 1 amide bonds. The number of nitrogens with zero attached hydrogens (tertiary/aromatic N) is 4. The molecule has 23 heavy (non-hydrogen) atoms. The number of tetrazole rings is 1. The highest BCUT2D eigenvalue weighted by Gasteiger charge is 2.37. The lowest BCUT2D eigenvalue weighted by Gasteiger charge is -2.22. The molecule has 0 atom stereocenters. The lowest BCUT2D eigenvalue weighted by Crippen LogP contribution is -2.48. The summed E-state index contributed by atoms with van der Waals surface area (Å²) in [7, 11) is 0. The van der Waals surface area contributed by atoms with Crippen LogP contribution in [-0.2, 0) is 4.79 Å². The fraction of sp³-hybridized carbons (Fsp3) is 0.500. The van der Waals surface area contributed by atoms with Gasteiger partial charge in [-0.2, -0.15) is 0 Å². The Morgan fingerprint density at radius 1 is 1.30 bits per heavy atom. The standard InChI is InChI=1S/C16H20N6O/c17-16(8-1-2-9-16)15(23)18-12-5-3-4-11(10-12)14-19-20-21-22(14)13-6-7-13/h3-5,10,13H,1-2,6-9,17H2,(H,18,23). The van der Waals surface area contributed by atoms with Crippen molar-refractivity contribution in [2.45, 2.75) is 50.1 Å². The predicted molar refractivity (Wildman–Crippen MR) is 85.5 cm³/mol. The largest absolute Gasteiger partial charge is 0.324 e. The average Bonchev–Trinajstić information content (AvgIpc) is 3.09. The Morgan fingerprint density at radius 2 is 2.09 bits per heavy atom. The second-order valence-corrected chi connectivity index (χ2v) is 6.58. The first-order valence-corrected chi connectivity index (χ1v) is 8.14. The second-order valence-electron chi connectivity index (χ2n) is 6.58. The van der Waals surface area contributed by atoms with Crippen molar-refractivity contribution in [2.24, 2.45) is 5.73 Å². The van der Waals surface area contributed by atoms with Crippen LogP contribution in [0.2, 0.25) is 0 Å². The van der Waals surface area contributed by atoms with Crippen LogP contribution in [0.1, 0.15) is 44.6 Å². The van der Waals surface area contributed by atoms with Crippen LogP contribution in [0.15, 0.2) is 24.3 Å². The molecule has 0 aliphatic heterocycles. The number of nitrogens with one attached hydrogen (secondary N) is 1. The molecule has 1 aromatic heterocycles. The van der Waals surface area contributed by atoms with Crippen molar-refractivity contribution < 1.29 is 4.79 Å². The summed E-state index contributed by atoms with van der Waals surface area (Å²) in [5.74, 6) is 0.640. The van der Waals surface area contributed by atoms with Gasteiger partial charge < -0.3 is 11.1 Å². The molecule has 2 fully saturated rings. The Kier molecular flexibility index (Phi) is 3.37. The van der Waals surface area contributed by atoms with Gasteiger partial charge >= 0.3 is 0 Å². The first-order valence-electron chi connectivity index (χ1n) is 8.14. The zero-order chi connectivity index (χ0) is 15.9. The third kappa shape index (κ3) is 2.72. The van der Waals surface area contributed by atoms with Gasteiger partial charge in [0.2, 0.25) is 5.91 Å². The van der Waals surface area contributed by atoms with E-state index in [4.69, 9.17) is 5.73 Å². The number of carbonyl (C=O) groups is 1. The van der Waals surface area contributed by atoms with Gasteiger partial charge in [0.1, 0.15) is 0 Å². The number of rotatable bonds is 4. The van der Waals surface area contributed by atoms with Gasteiger partial charge in [0.05, 0.1) is 11.6 Å². The zero-order valence-corrected chi connectivity index (χ0v) is 12.9. The molecule has 2 aliphatic carbocycles. The van der Waals surface area contributed by atoms with Gasteiger partial charge in [0, 0.05) is 11.3 Å². The van der Waals surface area contributed by atoms with E-state index in [9.17, 15) is 4.79 Å². The molecule has 0 bridgehead atoms. The van der Waals surface area contributed by atoms with Crippen LogP contribution >= 0.6 is 0 Å². The molecule has 120 valence electrons. The quantitative estimate of drug-likeness (QED) is 0.898. The van der Waals surface area contributed by atoms with Crippen molar-refractivity contribution in [3.8, 4) is 11.4 Å². The van der Waals surface area contributed by atoms with Crippen LogP contribution in [0.5, 0.6) is 0 Å². The molecule has 3 N–H and O–H groups in total. The molecule has 2 aliphatic rings. The van der Waals surface area contributed by atoms with Crippen molar-refractivity contribution in [3.63, 3.8) is 0 Å². The molecule has 0 radical (unpaired) electrons. The molecule has 7 nitrogen and oxygen atoms in total. The van der Waals surface area contributed by atoms with Crippen LogP contribution < -0.4 is 11.1 Å². The summed E-state index contributed by atoms with van der Waals surface area (Å²) in [6.45, 7) is 0. The lowest BCUT2D eigenvalue weighted by atomic mass is 9.98. The monoisotopic (exact) mass is 312 g/mol. The normalized spacial score (nSPS) is 19.7. The first-order chi connectivity index (χ1) is 11.2. The van der Waals surface area contributed by atoms with Crippen molar-refractivity contribution >= 4 is 11.6 Å². The lowest BCUT2D eigenvalue weighted by molar-refractivity contribution is -0.121. The van der Waals surface area contributed by atoms with Crippen molar-refractivity contribution in [3.05, 3.63) is 24.3 Å². The van der Waals surface area contributed by atoms with Crippen LogP contribution in [0.4, 0.5) is 5.69 Å². The molecule has 1 aromatic carbocycles. The maximum atomic E-state index is 12.4. The highest BCUT2D eigenvalue weighted by Crippen LogP contribution is 2.37. The Morgan fingerprint density at radius 3 is 2.83 bits per heavy atom. The fourth-order valence-corrected chi connectivity index (χ4v) is 3.17. The van der Waals surface area contributed by atoms with E-state index in [0.717, 1.165) is 55.6 Å². The van der Waals surface area contributed by atoms with E-state index in [2.05, 4.69) is 20.8 Å². The summed E-state index contributed by atoms with van der Waals surface area (Å²) in [5.41, 5.74) is 7.11. The molecule has 2 saturated carbocycles. The maximum absolute atomic E-state index is 12.4. The Bertz CT molecular complexity index is 730. The van der Waals surface area contributed by atoms with Crippen LogP contribution in [0, 0.1) is 0 Å². The molecular formula is C16H20N6O. The summed E-state index contributed by atoms with van der Waals surface area (Å²) in [6, 6.07) is 8.03. The number of carbonyl (C=O) groups excluding carboxylic acids is 1. The molecule has 7 heteroatoms. The predicted octanol–water partition coefficient (Wildman–Crippen LogP) is 1.88. The number of amides is 1. The summed E-state index contributed by atoms with van der Waals surface area (Å²) in [6.07, 6.45) is 5.76. The van der Waals surface area contributed by atoms with Gasteiger partial charge in [0.15, 0.2) is 5.82 Å².